The van der Waals surface area contributed by atoms with Crippen molar-refractivity contribution in [3.8, 4) is 11.1 Å². The molecular formula is C47H58Zr. The van der Waals surface area contributed by atoms with Crippen molar-refractivity contribution in [1.82, 2.24) is 0 Å². The molecule has 6 rings (SSSR count). The van der Waals surface area contributed by atoms with E-state index in [0.717, 1.165) is 25.7 Å². The van der Waals surface area contributed by atoms with E-state index in [2.05, 4.69) is 152 Å². The van der Waals surface area contributed by atoms with Crippen LogP contribution in [0.2, 0.25) is 0 Å². The second-order valence-electron chi connectivity index (χ2n) is 17.0. The fraction of sp³-hybridized carbons (Fsp3) is 0.383. The second kappa shape index (κ2) is 13.1. The molecule has 0 fully saturated rings. The summed E-state index contributed by atoms with van der Waals surface area (Å²) in [5.74, 6) is 0. The van der Waals surface area contributed by atoms with E-state index in [1.165, 1.54) is 76.7 Å². The van der Waals surface area contributed by atoms with Crippen LogP contribution >= 0.6 is 0 Å². The molecule has 250 valence electrons. The first-order valence-corrected chi connectivity index (χ1v) is 25.3. The fourth-order valence-electron chi connectivity index (χ4n) is 8.38. The quantitative estimate of drug-likeness (QED) is 0.135. The van der Waals surface area contributed by atoms with Crippen LogP contribution in [0.15, 0.2) is 100 Å². The number of benzene rings is 4. The molecule has 0 aliphatic heterocycles. The Hall–Kier alpha value is -2.89. The van der Waals surface area contributed by atoms with Gasteiger partial charge in [0.2, 0.25) is 0 Å². The van der Waals surface area contributed by atoms with Gasteiger partial charge < -0.3 is 0 Å². The van der Waals surface area contributed by atoms with Crippen molar-refractivity contribution in [3.63, 3.8) is 0 Å². The molecule has 0 aromatic heterocycles. The molecule has 2 aliphatic carbocycles. The molecule has 0 amide bonds. The maximum absolute atomic E-state index is 5.80. The first-order valence-electron chi connectivity index (χ1n) is 18.7. The van der Waals surface area contributed by atoms with Crippen LogP contribution in [0.3, 0.4) is 0 Å². The van der Waals surface area contributed by atoms with Gasteiger partial charge in [0.15, 0.2) is 0 Å². The zero-order valence-corrected chi connectivity index (χ0v) is 33.6. The third-order valence-corrected chi connectivity index (χ3v) is 28.0. The van der Waals surface area contributed by atoms with Gasteiger partial charge in [0.1, 0.15) is 0 Å². The Bertz CT molecular complexity index is 1870. The van der Waals surface area contributed by atoms with E-state index in [-0.39, 0.29) is 10.8 Å². The predicted octanol–water partition coefficient (Wildman–Crippen LogP) is 10.8. The minimum absolute atomic E-state index is 0.00157. The Morgan fingerprint density at radius 3 is 1.67 bits per heavy atom. The second-order valence-corrected chi connectivity index (χ2v) is 29.9. The zero-order chi connectivity index (χ0) is 34.3. The van der Waals surface area contributed by atoms with Crippen molar-refractivity contribution >= 4 is 14.0 Å². The molecule has 4 aromatic carbocycles. The predicted molar refractivity (Wildman–Crippen MR) is 210 cm³/mol. The molecular weight excluding hydrogens is 656 g/mol. The number of fused-ring (bicyclic) bond motifs is 3. The van der Waals surface area contributed by atoms with E-state index in [1.54, 1.807) is 6.55 Å². The van der Waals surface area contributed by atoms with E-state index in [0.29, 0.717) is 0 Å². The van der Waals surface area contributed by atoms with Crippen LogP contribution in [0, 0.1) is 0 Å². The first-order chi connectivity index (χ1) is 22.8. The van der Waals surface area contributed by atoms with Gasteiger partial charge in [-0.1, -0.05) is 0 Å². The van der Waals surface area contributed by atoms with Gasteiger partial charge in [0.05, 0.1) is 0 Å². The number of hydrogen-bond acceptors (Lipinski definition) is 0. The van der Waals surface area contributed by atoms with Crippen LogP contribution in [0.4, 0.5) is 0 Å². The molecule has 0 N–H and O–H groups in total. The van der Waals surface area contributed by atoms with Crippen molar-refractivity contribution in [2.75, 3.05) is 0 Å². The van der Waals surface area contributed by atoms with E-state index in [9.17, 15) is 0 Å². The molecule has 0 saturated heterocycles. The van der Waals surface area contributed by atoms with Gasteiger partial charge in [-0.15, -0.1) is 0 Å². The molecule has 0 nitrogen and oxygen atoms in total. The molecule has 0 unspecified atom stereocenters. The number of aryl methyl sites for hydroxylation is 2. The molecule has 0 radical (unpaired) electrons. The molecule has 0 saturated carbocycles. The molecule has 4 aromatic rings. The Labute approximate surface area is 293 Å². The van der Waals surface area contributed by atoms with Gasteiger partial charge in [-0.3, -0.25) is 0 Å². The summed E-state index contributed by atoms with van der Waals surface area (Å²) in [5, 5.41) is 0. The number of unbranched alkanes of at least 4 members (excludes halogenated alkanes) is 2. The summed E-state index contributed by atoms with van der Waals surface area (Å²) in [6.07, 6.45) is 16.2. The van der Waals surface area contributed by atoms with Crippen molar-refractivity contribution in [1.29, 1.82) is 0 Å². The summed E-state index contributed by atoms with van der Waals surface area (Å²) in [7, 11) is 0. The normalized spacial score (nSPS) is 14.6. The van der Waals surface area contributed by atoms with Gasteiger partial charge >= 0.3 is 295 Å². The third-order valence-electron chi connectivity index (χ3n) is 11.6. The van der Waals surface area contributed by atoms with Crippen LogP contribution in [-0.2, 0) is 48.4 Å². The Morgan fingerprint density at radius 1 is 0.646 bits per heavy atom. The number of rotatable bonds is 10. The van der Waals surface area contributed by atoms with Crippen LogP contribution in [0.25, 0.3) is 11.1 Å². The standard InChI is InChI=1S/C21H25.2C10H13.C5H5.CH2.Zr/c1-20(2,3)16-9-7-14-11-15-8-10-17(21(4,5)6)13-19(15)18(14)12-16;2*1-2-3-7-10-8-5-4-6-9-10;1-2-4-5-3-1;;/h7,9-10,12-13H,11H2,1-6H3;2*5-6,8-9H,2-3,7H2,1H3;1-3H,4H2;1H2;. The van der Waals surface area contributed by atoms with E-state index in [1.807, 2.05) is 0 Å². The van der Waals surface area contributed by atoms with E-state index >= 15 is 0 Å². The molecule has 0 heterocycles. The summed E-state index contributed by atoms with van der Waals surface area (Å²) in [5.41, 5.74) is 11.6. The molecule has 1 heteroatoms. The molecule has 0 bridgehead atoms. The Balaban J connectivity index is 1.73. The fourth-order valence-corrected chi connectivity index (χ4v) is 23.7. The SMILES string of the molecule is [CH2]=[Zr]([C]1=CC=CC1)([c]1ccc(CCCC)cc1)([c]1ccc(CCCC)cc1)[c]1cc(C(C)(C)C)cc2c1Cc1ccc(C(C)(C)C)cc1-2. The minimum atomic E-state index is -4.82. The van der Waals surface area contributed by atoms with Crippen LogP contribution in [-0.4, -0.2) is 4.21 Å². The Morgan fingerprint density at radius 2 is 1.19 bits per heavy atom. The molecule has 2 aliphatic rings. The van der Waals surface area contributed by atoms with Gasteiger partial charge in [-0.25, -0.2) is 0 Å². The van der Waals surface area contributed by atoms with Crippen molar-refractivity contribution in [2.24, 2.45) is 0 Å². The van der Waals surface area contributed by atoms with Crippen LogP contribution in [0.1, 0.15) is 121 Å². The summed E-state index contributed by atoms with van der Waals surface area (Å²) < 4.78 is 11.8. The number of allylic oxidation sites excluding steroid dienone is 4. The average molecular weight is 714 g/mol. The number of hydrogen-bond donors (Lipinski definition) is 0. The summed E-state index contributed by atoms with van der Waals surface area (Å²) in [6, 6.07) is 32.2. The van der Waals surface area contributed by atoms with Crippen molar-refractivity contribution in [3.05, 3.63) is 134 Å². The van der Waals surface area contributed by atoms with Gasteiger partial charge in [-0.2, -0.15) is 0 Å². The third kappa shape index (κ3) is 5.98. The van der Waals surface area contributed by atoms with Crippen LogP contribution < -0.4 is 9.81 Å². The first kappa shape index (κ1) is 35.0. The van der Waals surface area contributed by atoms with Gasteiger partial charge in [0, 0.05) is 0 Å². The van der Waals surface area contributed by atoms with Crippen molar-refractivity contribution < 1.29 is 18.3 Å². The molecule has 0 atom stereocenters. The van der Waals surface area contributed by atoms with Crippen molar-refractivity contribution in [2.45, 2.75) is 118 Å². The summed E-state index contributed by atoms with van der Waals surface area (Å²) >= 11 is -4.82. The summed E-state index contributed by atoms with van der Waals surface area (Å²) in [4.78, 5) is 0. The molecule has 48 heavy (non-hydrogen) atoms. The summed E-state index contributed by atoms with van der Waals surface area (Å²) in [6.45, 7) is 18.7. The monoisotopic (exact) mass is 712 g/mol. The van der Waals surface area contributed by atoms with Gasteiger partial charge in [-0.05, 0) is 0 Å². The topological polar surface area (TPSA) is 0 Å². The maximum atomic E-state index is 5.80. The van der Waals surface area contributed by atoms with Gasteiger partial charge in [0.25, 0.3) is 0 Å². The van der Waals surface area contributed by atoms with E-state index < -0.39 is 18.3 Å². The average Bonchev–Trinajstić information content (AvgIpc) is 3.74. The molecule has 0 spiro atoms. The zero-order valence-electron chi connectivity index (χ0n) is 31.1. The van der Waals surface area contributed by atoms with E-state index in [4.69, 9.17) is 4.21 Å². The Kier molecular flexibility index (Phi) is 9.54. The van der Waals surface area contributed by atoms with Crippen LogP contribution in [0.5, 0.6) is 0 Å².